The van der Waals surface area contributed by atoms with Gasteiger partial charge in [0.1, 0.15) is 6.10 Å². The van der Waals surface area contributed by atoms with E-state index >= 15 is 0 Å². The van der Waals surface area contributed by atoms with Crippen LogP contribution >= 0.6 is 12.0 Å². The summed E-state index contributed by atoms with van der Waals surface area (Å²) in [5, 5.41) is 0. The number of rotatable bonds is 4. The summed E-state index contributed by atoms with van der Waals surface area (Å²) < 4.78 is 10.3. The smallest absolute Gasteiger partial charge is 0.106 e. The largest absolute Gasteiger partial charge is 0.371 e. The predicted molar refractivity (Wildman–Crippen MR) is 48.0 cm³/mol. The van der Waals surface area contributed by atoms with Crippen LogP contribution in [0.5, 0.6) is 0 Å². The molecule has 0 bridgehead atoms. The van der Waals surface area contributed by atoms with E-state index in [0.29, 0.717) is 12.7 Å². The highest BCUT2D eigenvalue weighted by molar-refractivity contribution is 7.94. The van der Waals surface area contributed by atoms with Crippen LogP contribution in [0.25, 0.3) is 0 Å². The number of hydrogen-bond acceptors (Lipinski definition) is 3. The average molecular weight is 182 g/mol. The van der Waals surface area contributed by atoms with Gasteiger partial charge in [0.25, 0.3) is 0 Å². The number of hydrogen-bond donors (Lipinski definition) is 0. The lowest BCUT2D eigenvalue weighted by molar-refractivity contribution is 0.295. The van der Waals surface area contributed by atoms with Gasteiger partial charge in [0.2, 0.25) is 0 Å². The maximum atomic E-state index is 5.34. The van der Waals surface area contributed by atoms with Crippen molar-refractivity contribution in [2.24, 2.45) is 0 Å². The molecule has 1 aromatic rings. The van der Waals surface area contributed by atoms with Crippen molar-refractivity contribution in [1.82, 2.24) is 0 Å². The molecule has 1 fully saturated rings. The Balaban J connectivity index is 1.72. The van der Waals surface area contributed by atoms with Crippen molar-refractivity contribution in [3.8, 4) is 0 Å². The van der Waals surface area contributed by atoms with Crippen LogP contribution in [0.2, 0.25) is 0 Å². The second kappa shape index (κ2) is 3.94. The Bertz CT molecular complexity index is 234. The molecule has 3 heteroatoms. The molecule has 0 aliphatic carbocycles. The van der Waals surface area contributed by atoms with Crippen molar-refractivity contribution in [3.63, 3.8) is 0 Å². The third-order valence-electron chi connectivity index (χ3n) is 1.55. The SMILES string of the molecule is c1ccc(SOCC2CO2)cc1. The van der Waals surface area contributed by atoms with Gasteiger partial charge in [-0.05, 0) is 12.1 Å². The van der Waals surface area contributed by atoms with Crippen LogP contribution in [0, 0.1) is 0 Å². The maximum Gasteiger partial charge on any atom is 0.106 e. The van der Waals surface area contributed by atoms with Crippen molar-refractivity contribution in [2.75, 3.05) is 13.2 Å². The van der Waals surface area contributed by atoms with Crippen molar-refractivity contribution in [2.45, 2.75) is 11.0 Å². The molecule has 0 aromatic heterocycles. The molecule has 1 unspecified atom stereocenters. The summed E-state index contributed by atoms with van der Waals surface area (Å²) in [7, 11) is 0. The fourth-order valence-electron chi connectivity index (χ4n) is 0.818. The minimum atomic E-state index is 0.348. The zero-order valence-corrected chi connectivity index (χ0v) is 7.42. The van der Waals surface area contributed by atoms with E-state index in [4.69, 9.17) is 8.92 Å². The number of benzene rings is 1. The minimum Gasteiger partial charge on any atom is -0.371 e. The summed E-state index contributed by atoms with van der Waals surface area (Å²) in [6.07, 6.45) is 0.348. The quantitative estimate of drug-likeness (QED) is 0.526. The molecule has 2 nitrogen and oxygen atoms in total. The molecule has 12 heavy (non-hydrogen) atoms. The molecule has 64 valence electrons. The van der Waals surface area contributed by atoms with Crippen LogP contribution in [0.4, 0.5) is 0 Å². The van der Waals surface area contributed by atoms with Gasteiger partial charge >= 0.3 is 0 Å². The van der Waals surface area contributed by atoms with Gasteiger partial charge in [-0.25, -0.2) is 0 Å². The summed E-state index contributed by atoms with van der Waals surface area (Å²) in [5.41, 5.74) is 0. The van der Waals surface area contributed by atoms with Gasteiger partial charge in [0, 0.05) is 16.9 Å². The average Bonchev–Trinajstić information content (AvgIpc) is 2.90. The first kappa shape index (κ1) is 8.10. The second-order valence-electron chi connectivity index (χ2n) is 2.64. The Hall–Kier alpha value is -0.510. The normalized spacial score (nSPS) is 20.8. The third-order valence-corrected chi connectivity index (χ3v) is 2.27. The first-order valence-electron chi connectivity index (χ1n) is 3.91. The van der Waals surface area contributed by atoms with Gasteiger partial charge in [0.05, 0.1) is 13.2 Å². The van der Waals surface area contributed by atoms with Gasteiger partial charge in [-0.1, -0.05) is 18.2 Å². The minimum absolute atomic E-state index is 0.348. The molecule has 1 aromatic carbocycles. The van der Waals surface area contributed by atoms with E-state index < -0.39 is 0 Å². The highest BCUT2D eigenvalue weighted by Crippen LogP contribution is 2.20. The molecular weight excluding hydrogens is 172 g/mol. The van der Waals surface area contributed by atoms with Crippen molar-refractivity contribution >= 4 is 12.0 Å². The van der Waals surface area contributed by atoms with Crippen LogP contribution in [-0.2, 0) is 8.92 Å². The van der Waals surface area contributed by atoms with E-state index in [0.717, 1.165) is 11.5 Å². The van der Waals surface area contributed by atoms with E-state index in [1.165, 1.54) is 12.0 Å². The molecule has 1 saturated heterocycles. The van der Waals surface area contributed by atoms with Crippen LogP contribution in [0.15, 0.2) is 35.2 Å². The van der Waals surface area contributed by atoms with E-state index in [2.05, 4.69) is 0 Å². The van der Waals surface area contributed by atoms with Crippen LogP contribution in [0.1, 0.15) is 0 Å². The first-order chi connectivity index (χ1) is 5.95. The van der Waals surface area contributed by atoms with Gasteiger partial charge in [-0.3, -0.25) is 0 Å². The summed E-state index contributed by atoms with van der Waals surface area (Å²) >= 11 is 1.41. The molecular formula is C9H10O2S. The predicted octanol–water partition coefficient (Wildman–Crippen LogP) is 2.11. The lowest BCUT2D eigenvalue weighted by Gasteiger charge is -1.98. The van der Waals surface area contributed by atoms with Crippen molar-refractivity contribution in [1.29, 1.82) is 0 Å². The fourth-order valence-corrected chi connectivity index (χ4v) is 1.44. The van der Waals surface area contributed by atoms with Gasteiger partial charge in [-0.15, -0.1) is 0 Å². The molecule has 1 heterocycles. The zero-order chi connectivity index (χ0) is 8.23. The highest BCUT2D eigenvalue weighted by Gasteiger charge is 2.22. The van der Waals surface area contributed by atoms with Crippen LogP contribution in [0.3, 0.4) is 0 Å². The summed E-state index contributed by atoms with van der Waals surface area (Å²) in [6.45, 7) is 1.55. The molecule has 0 N–H and O–H groups in total. The fraction of sp³-hybridized carbons (Fsp3) is 0.333. The highest BCUT2D eigenvalue weighted by atomic mass is 32.2. The summed E-state index contributed by atoms with van der Waals surface area (Å²) in [4.78, 5) is 1.14. The summed E-state index contributed by atoms with van der Waals surface area (Å²) in [6, 6.07) is 10.0. The Morgan fingerprint density at radius 2 is 2.17 bits per heavy atom. The Labute approximate surface area is 76.1 Å². The Morgan fingerprint density at radius 1 is 1.42 bits per heavy atom. The Kier molecular flexibility index (Phi) is 2.66. The van der Waals surface area contributed by atoms with Gasteiger partial charge in [0.15, 0.2) is 0 Å². The van der Waals surface area contributed by atoms with E-state index in [1.54, 1.807) is 0 Å². The number of ether oxygens (including phenoxy) is 1. The molecule has 0 spiro atoms. The lowest BCUT2D eigenvalue weighted by atomic mass is 10.4. The third kappa shape index (κ3) is 2.52. The topological polar surface area (TPSA) is 21.8 Å². The summed E-state index contributed by atoms with van der Waals surface area (Å²) in [5.74, 6) is 0. The molecule has 0 amide bonds. The molecule has 1 aliphatic rings. The first-order valence-corrected chi connectivity index (χ1v) is 4.65. The molecule has 1 atom stereocenters. The lowest BCUT2D eigenvalue weighted by Crippen LogP contribution is -1.94. The van der Waals surface area contributed by atoms with E-state index in [-0.39, 0.29) is 0 Å². The zero-order valence-electron chi connectivity index (χ0n) is 6.60. The van der Waals surface area contributed by atoms with Gasteiger partial charge in [-0.2, -0.15) is 0 Å². The van der Waals surface area contributed by atoms with Gasteiger partial charge < -0.3 is 8.92 Å². The molecule has 0 saturated carbocycles. The number of epoxide rings is 1. The monoisotopic (exact) mass is 182 g/mol. The Morgan fingerprint density at radius 3 is 2.83 bits per heavy atom. The van der Waals surface area contributed by atoms with Crippen molar-refractivity contribution in [3.05, 3.63) is 30.3 Å². The molecule has 1 aliphatic heterocycles. The molecule has 0 radical (unpaired) electrons. The van der Waals surface area contributed by atoms with Crippen molar-refractivity contribution < 1.29 is 8.92 Å². The van der Waals surface area contributed by atoms with Crippen LogP contribution < -0.4 is 0 Å². The second-order valence-corrected chi connectivity index (χ2v) is 3.51. The van der Waals surface area contributed by atoms with E-state index in [9.17, 15) is 0 Å². The standard InChI is InChI=1S/C9H10O2S/c1-2-4-9(5-3-1)12-11-7-8-6-10-8/h1-5,8H,6-7H2. The molecule has 2 rings (SSSR count). The van der Waals surface area contributed by atoms with Crippen LogP contribution in [-0.4, -0.2) is 19.3 Å². The van der Waals surface area contributed by atoms with E-state index in [1.807, 2.05) is 30.3 Å². The maximum absolute atomic E-state index is 5.34.